The summed E-state index contributed by atoms with van der Waals surface area (Å²) >= 11 is 0. The van der Waals surface area contributed by atoms with Crippen molar-refractivity contribution in [1.82, 2.24) is 5.32 Å². The molecule has 144 valence electrons. The Morgan fingerprint density at radius 1 is 1.14 bits per heavy atom. The van der Waals surface area contributed by atoms with E-state index in [1.54, 1.807) is 42.5 Å². The zero-order chi connectivity index (χ0) is 20.1. The number of aliphatic imine (C=N–C) groups is 1. The number of ether oxygens (including phenoxy) is 1. The molecule has 0 saturated carbocycles. The van der Waals surface area contributed by atoms with E-state index in [4.69, 9.17) is 16.2 Å². The lowest BCUT2D eigenvalue weighted by atomic mass is 9.97. The SMILES string of the molecule is CCc1cccc(C(C(=O)OC(=O)c2ccccc2)=C(N)C2=NCCN2)c1N. The van der Waals surface area contributed by atoms with Gasteiger partial charge in [0.05, 0.1) is 23.4 Å². The Morgan fingerprint density at radius 3 is 2.54 bits per heavy atom. The van der Waals surface area contributed by atoms with Gasteiger partial charge in [-0.2, -0.15) is 0 Å². The zero-order valence-corrected chi connectivity index (χ0v) is 15.6. The first-order chi connectivity index (χ1) is 13.5. The quantitative estimate of drug-likeness (QED) is 0.316. The molecule has 0 atom stereocenters. The normalized spacial score (nSPS) is 14.0. The number of aryl methyl sites for hydroxylation is 1. The fraction of sp³-hybridized carbons (Fsp3) is 0.190. The largest absolute Gasteiger partial charge is 0.398 e. The first-order valence-electron chi connectivity index (χ1n) is 9.00. The number of hydrogen-bond donors (Lipinski definition) is 3. The fourth-order valence-corrected chi connectivity index (χ4v) is 2.97. The second-order valence-corrected chi connectivity index (χ2v) is 6.22. The molecule has 5 N–H and O–H groups in total. The van der Waals surface area contributed by atoms with Crippen LogP contribution in [0.4, 0.5) is 5.69 Å². The monoisotopic (exact) mass is 378 g/mol. The van der Waals surface area contributed by atoms with E-state index in [1.807, 2.05) is 13.0 Å². The van der Waals surface area contributed by atoms with Gasteiger partial charge >= 0.3 is 11.9 Å². The Labute approximate surface area is 163 Å². The highest BCUT2D eigenvalue weighted by atomic mass is 16.6. The van der Waals surface area contributed by atoms with Crippen LogP contribution in [0.1, 0.15) is 28.4 Å². The van der Waals surface area contributed by atoms with Crippen molar-refractivity contribution in [3.63, 3.8) is 0 Å². The topological polar surface area (TPSA) is 120 Å². The lowest BCUT2D eigenvalue weighted by Gasteiger charge is -2.15. The summed E-state index contributed by atoms with van der Waals surface area (Å²) in [4.78, 5) is 29.6. The van der Waals surface area contributed by atoms with Gasteiger partial charge in [-0.15, -0.1) is 0 Å². The number of para-hydroxylation sites is 1. The minimum Gasteiger partial charge on any atom is -0.398 e. The second kappa shape index (κ2) is 8.39. The molecule has 0 aromatic heterocycles. The van der Waals surface area contributed by atoms with Crippen LogP contribution in [0.5, 0.6) is 0 Å². The van der Waals surface area contributed by atoms with Crippen molar-refractivity contribution >= 4 is 29.0 Å². The molecule has 1 aliphatic rings. The molecule has 0 fully saturated rings. The third kappa shape index (κ3) is 3.88. The summed E-state index contributed by atoms with van der Waals surface area (Å²) in [6.07, 6.45) is 0.685. The number of hydrogen-bond acceptors (Lipinski definition) is 7. The van der Waals surface area contributed by atoms with Gasteiger partial charge in [0.2, 0.25) is 0 Å². The van der Waals surface area contributed by atoms with E-state index in [9.17, 15) is 9.59 Å². The number of carbonyl (C=O) groups is 2. The number of esters is 2. The first-order valence-corrected chi connectivity index (χ1v) is 9.00. The molecule has 0 unspecified atom stereocenters. The van der Waals surface area contributed by atoms with E-state index in [0.717, 1.165) is 5.56 Å². The van der Waals surface area contributed by atoms with Crippen molar-refractivity contribution in [2.24, 2.45) is 10.7 Å². The molecule has 1 heterocycles. The molecule has 28 heavy (non-hydrogen) atoms. The predicted molar refractivity (Wildman–Crippen MR) is 109 cm³/mol. The highest BCUT2D eigenvalue weighted by Gasteiger charge is 2.26. The van der Waals surface area contributed by atoms with Crippen LogP contribution in [0.3, 0.4) is 0 Å². The highest BCUT2D eigenvalue weighted by Crippen LogP contribution is 2.28. The molecular formula is C21H22N4O3. The number of nitrogens with zero attached hydrogens (tertiary/aromatic N) is 1. The maximum Gasteiger partial charge on any atom is 0.348 e. The molecule has 2 aromatic carbocycles. The van der Waals surface area contributed by atoms with E-state index >= 15 is 0 Å². The number of nitrogens with one attached hydrogen (secondary N) is 1. The molecule has 0 aliphatic carbocycles. The maximum atomic E-state index is 13.0. The molecule has 0 amide bonds. The van der Waals surface area contributed by atoms with E-state index in [-0.39, 0.29) is 16.8 Å². The Morgan fingerprint density at radius 2 is 1.89 bits per heavy atom. The van der Waals surface area contributed by atoms with Gasteiger partial charge in [0.15, 0.2) is 0 Å². The van der Waals surface area contributed by atoms with Crippen molar-refractivity contribution in [2.45, 2.75) is 13.3 Å². The van der Waals surface area contributed by atoms with Gasteiger partial charge in [-0.3, -0.25) is 4.99 Å². The molecule has 0 bridgehead atoms. The van der Waals surface area contributed by atoms with Crippen LogP contribution < -0.4 is 16.8 Å². The molecular weight excluding hydrogens is 356 g/mol. The number of anilines is 1. The Kier molecular flexibility index (Phi) is 5.74. The summed E-state index contributed by atoms with van der Waals surface area (Å²) in [5.41, 5.74) is 14.6. The number of nitrogens with two attached hydrogens (primary N) is 2. The Hall–Kier alpha value is -3.61. The molecule has 7 heteroatoms. The Bertz CT molecular complexity index is 965. The third-order valence-corrected chi connectivity index (χ3v) is 4.44. The van der Waals surface area contributed by atoms with E-state index in [0.29, 0.717) is 36.6 Å². The predicted octanol–water partition coefficient (Wildman–Crippen LogP) is 1.89. The standard InChI is InChI=1S/C21H22N4O3/c1-2-13-9-6-10-15(17(13)22)16(18(23)19-24-11-12-25-19)21(27)28-20(26)14-7-4-3-5-8-14/h3-10H,2,11-12,22-23H2,1H3,(H,24,25). The molecule has 7 nitrogen and oxygen atoms in total. The van der Waals surface area contributed by atoms with Gasteiger partial charge in [-0.05, 0) is 24.1 Å². The average molecular weight is 378 g/mol. The molecule has 3 rings (SSSR count). The van der Waals surface area contributed by atoms with Crippen molar-refractivity contribution in [1.29, 1.82) is 0 Å². The van der Waals surface area contributed by atoms with E-state index in [2.05, 4.69) is 10.3 Å². The molecule has 0 radical (unpaired) electrons. The molecule has 2 aromatic rings. The van der Waals surface area contributed by atoms with Crippen molar-refractivity contribution in [3.05, 3.63) is 70.9 Å². The van der Waals surface area contributed by atoms with Crippen molar-refractivity contribution < 1.29 is 14.3 Å². The third-order valence-electron chi connectivity index (χ3n) is 4.44. The highest BCUT2D eigenvalue weighted by molar-refractivity contribution is 6.27. The number of benzene rings is 2. The fourth-order valence-electron chi connectivity index (χ4n) is 2.97. The first kappa shape index (κ1) is 19.2. The number of amidine groups is 1. The lowest BCUT2D eigenvalue weighted by Crippen LogP contribution is -2.28. The van der Waals surface area contributed by atoms with E-state index in [1.165, 1.54) is 0 Å². The summed E-state index contributed by atoms with van der Waals surface area (Å²) in [5.74, 6) is -1.24. The van der Waals surface area contributed by atoms with Gasteiger partial charge < -0.3 is 21.5 Å². The minimum absolute atomic E-state index is 0.0187. The maximum absolute atomic E-state index is 13.0. The Balaban J connectivity index is 2.03. The number of carbonyl (C=O) groups excluding carboxylic acids is 2. The van der Waals surface area contributed by atoms with Crippen LogP contribution in [-0.4, -0.2) is 30.9 Å². The summed E-state index contributed by atoms with van der Waals surface area (Å²) < 4.78 is 5.11. The van der Waals surface area contributed by atoms with Crippen molar-refractivity contribution in [3.8, 4) is 0 Å². The number of nitrogen functional groups attached to an aromatic ring is 1. The van der Waals surface area contributed by atoms with Crippen LogP contribution in [-0.2, 0) is 16.0 Å². The van der Waals surface area contributed by atoms with Crippen LogP contribution >= 0.6 is 0 Å². The van der Waals surface area contributed by atoms with Gasteiger partial charge in [0.1, 0.15) is 5.84 Å². The lowest BCUT2D eigenvalue weighted by molar-refractivity contribution is -0.131. The van der Waals surface area contributed by atoms with Crippen LogP contribution in [0, 0.1) is 0 Å². The van der Waals surface area contributed by atoms with Crippen LogP contribution in [0.2, 0.25) is 0 Å². The van der Waals surface area contributed by atoms with Crippen molar-refractivity contribution in [2.75, 3.05) is 18.8 Å². The molecule has 1 aliphatic heterocycles. The second-order valence-electron chi connectivity index (χ2n) is 6.22. The van der Waals surface area contributed by atoms with Gasteiger partial charge in [-0.25, -0.2) is 9.59 Å². The summed E-state index contributed by atoms with van der Waals surface area (Å²) in [6, 6.07) is 13.6. The molecule has 0 spiro atoms. The van der Waals surface area contributed by atoms with Gasteiger partial charge in [-0.1, -0.05) is 43.3 Å². The summed E-state index contributed by atoms with van der Waals surface area (Å²) in [5, 5.41) is 3.03. The van der Waals surface area contributed by atoms with Crippen LogP contribution in [0.15, 0.2) is 59.2 Å². The molecule has 0 saturated heterocycles. The van der Waals surface area contributed by atoms with Gasteiger partial charge in [0, 0.05) is 17.8 Å². The van der Waals surface area contributed by atoms with Gasteiger partial charge in [0.25, 0.3) is 0 Å². The zero-order valence-electron chi connectivity index (χ0n) is 15.6. The van der Waals surface area contributed by atoms with Crippen LogP contribution in [0.25, 0.3) is 5.57 Å². The summed E-state index contributed by atoms with van der Waals surface area (Å²) in [6.45, 7) is 3.12. The smallest absolute Gasteiger partial charge is 0.348 e. The average Bonchev–Trinajstić information content (AvgIpc) is 3.25. The number of rotatable bonds is 5. The summed E-state index contributed by atoms with van der Waals surface area (Å²) in [7, 11) is 0. The van der Waals surface area contributed by atoms with E-state index < -0.39 is 11.9 Å². The minimum atomic E-state index is -0.872.